The number of anilines is 1. The third-order valence-electron chi connectivity index (χ3n) is 5.17. The summed E-state index contributed by atoms with van der Waals surface area (Å²) in [6.45, 7) is 2.12. The van der Waals surface area contributed by atoms with E-state index in [-0.39, 0.29) is 0 Å². The zero-order chi connectivity index (χ0) is 25.9. The molecular weight excluding hydrogens is 530 g/mol. The number of pyridine rings is 1. The Hall–Kier alpha value is -3.89. The van der Waals surface area contributed by atoms with Crippen molar-refractivity contribution >= 4 is 33.6 Å². The molecule has 0 saturated carbocycles. The Labute approximate surface area is 217 Å². The van der Waals surface area contributed by atoms with E-state index >= 15 is 0 Å². The predicted molar refractivity (Wildman–Crippen MR) is 138 cm³/mol. The summed E-state index contributed by atoms with van der Waals surface area (Å²) in [6, 6.07) is 16.1. The minimum atomic E-state index is -1.26. The van der Waals surface area contributed by atoms with Crippen LogP contribution in [0, 0.1) is 0 Å². The molecule has 0 radical (unpaired) electrons. The second-order valence-electron chi connectivity index (χ2n) is 7.65. The first-order chi connectivity index (χ1) is 17.4. The number of aromatic nitrogens is 1. The maximum Gasteiger partial charge on any atom is 0.328 e. The van der Waals surface area contributed by atoms with Gasteiger partial charge in [-0.25, -0.2) is 14.6 Å². The van der Waals surface area contributed by atoms with E-state index in [9.17, 15) is 9.59 Å². The van der Waals surface area contributed by atoms with Gasteiger partial charge in [-0.3, -0.25) is 4.98 Å². The van der Waals surface area contributed by atoms with Crippen LogP contribution in [0.15, 0.2) is 77.5 Å². The highest BCUT2D eigenvalue weighted by atomic mass is 79.9. The summed E-state index contributed by atoms with van der Waals surface area (Å²) < 4.78 is 13.0. The Kier molecular flexibility index (Phi) is 9.84. The van der Waals surface area contributed by atoms with Crippen LogP contribution in [0.3, 0.4) is 0 Å². The molecule has 4 rings (SSSR count). The van der Waals surface area contributed by atoms with E-state index in [1.165, 1.54) is 5.56 Å². The fourth-order valence-electron chi connectivity index (χ4n) is 3.54. The summed E-state index contributed by atoms with van der Waals surface area (Å²) in [5.41, 5.74) is 8.03. The van der Waals surface area contributed by atoms with Crippen LogP contribution in [-0.4, -0.2) is 45.8 Å². The third-order valence-corrected chi connectivity index (χ3v) is 5.88. The van der Waals surface area contributed by atoms with Gasteiger partial charge in [-0.05, 0) is 35.7 Å². The molecule has 1 aromatic heterocycles. The van der Waals surface area contributed by atoms with E-state index in [1.807, 2.05) is 36.4 Å². The lowest BCUT2D eigenvalue weighted by Crippen LogP contribution is -2.35. The predicted octanol–water partition coefficient (Wildman–Crippen LogP) is 4.53. The van der Waals surface area contributed by atoms with Gasteiger partial charge in [0.1, 0.15) is 6.61 Å². The van der Waals surface area contributed by atoms with Gasteiger partial charge in [0, 0.05) is 47.7 Å². The molecule has 0 bridgehead atoms. The largest absolute Gasteiger partial charge is 0.493 e. The van der Waals surface area contributed by atoms with Gasteiger partial charge in [-0.15, -0.1) is 0 Å². The van der Waals surface area contributed by atoms with Crippen molar-refractivity contribution in [3.05, 3.63) is 94.2 Å². The number of carboxylic acid groups (broad SMARTS) is 2. The highest BCUT2D eigenvalue weighted by Gasteiger charge is 2.25. The zero-order valence-corrected chi connectivity index (χ0v) is 21.1. The minimum Gasteiger partial charge on any atom is -0.493 e. The van der Waals surface area contributed by atoms with E-state index in [1.54, 1.807) is 19.5 Å². The van der Waals surface area contributed by atoms with Crippen molar-refractivity contribution in [2.75, 3.05) is 19.1 Å². The van der Waals surface area contributed by atoms with Crippen LogP contribution in [-0.2, 0) is 29.2 Å². The molecule has 0 spiro atoms. The number of nitrogens with zero attached hydrogens (tertiary/aromatic N) is 2. The summed E-state index contributed by atoms with van der Waals surface area (Å²) in [7, 11) is 1.68. The first kappa shape index (κ1) is 26.7. The second kappa shape index (κ2) is 13.3. The van der Waals surface area contributed by atoms with Crippen LogP contribution >= 0.6 is 15.9 Å². The molecule has 9 nitrogen and oxygen atoms in total. The number of hydrogen-bond acceptors (Lipinski definition) is 7. The van der Waals surface area contributed by atoms with Crippen LogP contribution in [0.2, 0.25) is 0 Å². The Balaban J connectivity index is 0.000000392. The van der Waals surface area contributed by atoms with Crippen LogP contribution in [0.4, 0.5) is 5.69 Å². The highest BCUT2D eigenvalue weighted by Crippen LogP contribution is 2.41. The van der Waals surface area contributed by atoms with Crippen LogP contribution in [0.1, 0.15) is 16.7 Å². The Morgan fingerprint density at radius 3 is 2.36 bits per heavy atom. The van der Waals surface area contributed by atoms with Gasteiger partial charge in [0.25, 0.3) is 0 Å². The van der Waals surface area contributed by atoms with E-state index in [0.717, 1.165) is 52.3 Å². The molecular formula is C26H26BrN3O6. The van der Waals surface area contributed by atoms with Crippen molar-refractivity contribution in [1.29, 1.82) is 0 Å². The topological polar surface area (TPSA) is 121 Å². The number of ether oxygens (including phenoxy) is 2. The normalized spacial score (nSPS) is 12.7. The van der Waals surface area contributed by atoms with Gasteiger partial charge in [0.15, 0.2) is 11.5 Å². The maximum absolute atomic E-state index is 9.55. The lowest BCUT2D eigenvalue weighted by molar-refractivity contribution is -0.134. The Morgan fingerprint density at radius 2 is 1.75 bits per heavy atom. The van der Waals surface area contributed by atoms with Crippen molar-refractivity contribution in [1.82, 2.24) is 9.99 Å². The Morgan fingerprint density at radius 1 is 1.08 bits per heavy atom. The lowest BCUT2D eigenvalue weighted by atomic mass is 9.99. The molecule has 2 aromatic carbocycles. The number of hydrazine groups is 1. The maximum atomic E-state index is 9.55. The SMILES string of the molecule is COc1cc(Br)c2c(c1OCc1ccccc1)CN(Nc1ccncc1)CC2.O=C(O)/C=C/C(=O)O. The smallest absolute Gasteiger partial charge is 0.328 e. The number of rotatable bonds is 8. The first-order valence-electron chi connectivity index (χ1n) is 11.0. The van der Waals surface area contributed by atoms with E-state index in [2.05, 4.69) is 43.5 Å². The molecule has 1 aliphatic rings. The lowest BCUT2D eigenvalue weighted by Gasteiger charge is -2.32. The molecule has 0 amide bonds. The van der Waals surface area contributed by atoms with Crippen LogP contribution in [0.25, 0.3) is 0 Å². The van der Waals surface area contributed by atoms with Crippen molar-refractivity contribution in [2.24, 2.45) is 0 Å². The molecule has 36 heavy (non-hydrogen) atoms. The molecule has 188 valence electrons. The molecule has 3 aromatic rings. The van der Waals surface area contributed by atoms with Crippen molar-refractivity contribution in [3.63, 3.8) is 0 Å². The average molecular weight is 556 g/mol. The summed E-state index contributed by atoms with van der Waals surface area (Å²) >= 11 is 3.71. The summed E-state index contributed by atoms with van der Waals surface area (Å²) in [6.07, 6.45) is 5.60. The van der Waals surface area contributed by atoms with E-state index in [4.69, 9.17) is 19.7 Å². The number of carbonyl (C=O) groups is 2. The van der Waals surface area contributed by atoms with Gasteiger partial charge < -0.3 is 25.1 Å². The number of nitrogens with one attached hydrogen (secondary N) is 1. The number of fused-ring (bicyclic) bond motifs is 1. The number of hydrogen-bond donors (Lipinski definition) is 3. The van der Waals surface area contributed by atoms with E-state index in [0.29, 0.717) is 18.8 Å². The highest BCUT2D eigenvalue weighted by molar-refractivity contribution is 9.10. The fourth-order valence-corrected chi connectivity index (χ4v) is 4.18. The summed E-state index contributed by atoms with van der Waals surface area (Å²) in [4.78, 5) is 23.2. The number of benzene rings is 2. The second-order valence-corrected chi connectivity index (χ2v) is 8.50. The van der Waals surface area contributed by atoms with Gasteiger partial charge in [0.05, 0.1) is 12.8 Å². The quantitative estimate of drug-likeness (QED) is 0.344. The molecule has 0 fully saturated rings. The molecule has 0 aliphatic carbocycles. The molecule has 0 unspecified atom stereocenters. The monoisotopic (exact) mass is 555 g/mol. The van der Waals surface area contributed by atoms with Gasteiger partial charge in [-0.2, -0.15) is 0 Å². The van der Waals surface area contributed by atoms with Crippen molar-refractivity contribution < 1.29 is 29.3 Å². The van der Waals surface area contributed by atoms with Gasteiger partial charge >= 0.3 is 11.9 Å². The molecule has 1 aliphatic heterocycles. The van der Waals surface area contributed by atoms with Crippen LogP contribution in [0.5, 0.6) is 11.5 Å². The number of carboxylic acids is 2. The van der Waals surface area contributed by atoms with E-state index < -0.39 is 11.9 Å². The molecule has 10 heteroatoms. The summed E-state index contributed by atoms with van der Waals surface area (Å²) in [5, 5.41) is 17.8. The molecule has 3 N–H and O–H groups in total. The van der Waals surface area contributed by atoms with Crippen LogP contribution < -0.4 is 14.9 Å². The first-order valence-corrected chi connectivity index (χ1v) is 11.8. The standard InChI is InChI=1S/C22H22BrN3O2.C4H4O4/c1-27-21-13-20(23)18-9-12-26(25-17-7-10-24-11-8-17)14-19(18)22(21)28-15-16-5-3-2-4-6-16;5-3(6)1-2-4(7)8/h2-8,10-11,13H,9,12,14-15H2,1H3,(H,24,25);1-2H,(H,5,6)(H,7,8)/b;2-1+. The summed E-state index contributed by atoms with van der Waals surface area (Å²) in [5.74, 6) is -0.960. The minimum absolute atomic E-state index is 0.503. The number of methoxy groups -OCH3 is 1. The van der Waals surface area contributed by atoms with Gasteiger partial charge in [-0.1, -0.05) is 46.3 Å². The molecule has 2 heterocycles. The number of aliphatic carboxylic acids is 2. The fraction of sp³-hybridized carbons (Fsp3) is 0.192. The third kappa shape index (κ3) is 7.82. The Bertz CT molecular complexity index is 1190. The van der Waals surface area contributed by atoms with Gasteiger partial charge in [0.2, 0.25) is 0 Å². The van der Waals surface area contributed by atoms with Crippen molar-refractivity contribution in [2.45, 2.75) is 19.6 Å². The zero-order valence-electron chi connectivity index (χ0n) is 19.6. The average Bonchev–Trinajstić information content (AvgIpc) is 2.88. The molecule has 0 saturated heterocycles. The van der Waals surface area contributed by atoms with Crippen molar-refractivity contribution in [3.8, 4) is 11.5 Å². The number of halogens is 1. The molecule has 0 atom stereocenters.